The fraction of sp³-hybridized carbons (Fsp3) is 0.769. The van der Waals surface area contributed by atoms with Crippen molar-refractivity contribution < 1.29 is 4.79 Å². The number of rotatable bonds is 5. The van der Waals surface area contributed by atoms with Gasteiger partial charge in [0.05, 0.1) is 5.41 Å². The van der Waals surface area contributed by atoms with Crippen LogP contribution in [0.1, 0.15) is 32.6 Å². The molecule has 0 spiro atoms. The second kappa shape index (κ2) is 6.04. The highest BCUT2D eigenvalue weighted by molar-refractivity contribution is 5.82. The number of hydrogen-bond acceptors (Lipinski definition) is 2. The normalized spacial score (nSPS) is 25.1. The van der Waals surface area contributed by atoms with Crippen LogP contribution in [-0.4, -0.2) is 37.5 Å². The van der Waals surface area contributed by atoms with Gasteiger partial charge < -0.3 is 10.2 Å². The Kier molecular flexibility index (Phi) is 5.00. The quantitative estimate of drug-likeness (QED) is 0.570. The molecule has 0 aromatic rings. The van der Waals surface area contributed by atoms with Crippen LogP contribution in [0.3, 0.4) is 0 Å². The molecule has 1 aliphatic rings. The summed E-state index contributed by atoms with van der Waals surface area (Å²) in [6.45, 7) is 8.46. The molecule has 1 atom stereocenters. The van der Waals surface area contributed by atoms with E-state index in [1.54, 1.807) is 0 Å². The van der Waals surface area contributed by atoms with E-state index in [9.17, 15) is 4.79 Å². The molecule has 1 saturated heterocycles. The number of nitrogens with zero attached hydrogens (tertiary/aromatic N) is 1. The molecule has 92 valence electrons. The van der Waals surface area contributed by atoms with Gasteiger partial charge >= 0.3 is 0 Å². The van der Waals surface area contributed by atoms with E-state index in [1.165, 1.54) is 0 Å². The van der Waals surface area contributed by atoms with Crippen molar-refractivity contribution >= 4 is 5.91 Å². The van der Waals surface area contributed by atoms with E-state index >= 15 is 0 Å². The molecule has 1 heterocycles. The average Bonchev–Trinajstić information content (AvgIpc) is 2.29. The third-order valence-electron chi connectivity index (χ3n) is 3.36. The van der Waals surface area contributed by atoms with Crippen LogP contribution in [0.2, 0.25) is 0 Å². The van der Waals surface area contributed by atoms with Gasteiger partial charge in [-0.3, -0.25) is 4.79 Å². The average molecular weight is 224 g/mol. The zero-order valence-electron chi connectivity index (χ0n) is 10.6. The summed E-state index contributed by atoms with van der Waals surface area (Å²) < 4.78 is 0. The van der Waals surface area contributed by atoms with E-state index in [4.69, 9.17) is 0 Å². The number of carbonyl (C=O) groups is 1. The van der Waals surface area contributed by atoms with Gasteiger partial charge in [-0.2, -0.15) is 0 Å². The van der Waals surface area contributed by atoms with Gasteiger partial charge in [0.2, 0.25) is 5.91 Å². The highest BCUT2D eigenvalue weighted by Gasteiger charge is 2.36. The minimum Gasteiger partial charge on any atom is -0.345 e. The summed E-state index contributed by atoms with van der Waals surface area (Å²) in [7, 11) is 1.91. The van der Waals surface area contributed by atoms with Crippen molar-refractivity contribution in [3.05, 3.63) is 12.7 Å². The standard InChI is InChI=1S/C13H24N2O/c1-4-5-6-10-15(3)12(16)13(2)8-7-9-14-11-13/h4,14H,1,5-11H2,2-3H3. The summed E-state index contributed by atoms with van der Waals surface area (Å²) in [4.78, 5) is 14.1. The van der Waals surface area contributed by atoms with E-state index < -0.39 is 0 Å². The van der Waals surface area contributed by atoms with Crippen molar-refractivity contribution in [3.63, 3.8) is 0 Å². The van der Waals surface area contributed by atoms with Crippen LogP contribution >= 0.6 is 0 Å². The number of hydrogen-bond donors (Lipinski definition) is 1. The lowest BCUT2D eigenvalue weighted by atomic mass is 9.81. The van der Waals surface area contributed by atoms with Crippen LogP contribution in [0.5, 0.6) is 0 Å². The summed E-state index contributed by atoms with van der Waals surface area (Å²) in [6, 6.07) is 0. The molecular weight excluding hydrogens is 200 g/mol. The van der Waals surface area contributed by atoms with Crippen LogP contribution in [0, 0.1) is 5.41 Å². The number of piperidine rings is 1. The molecule has 0 aromatic carbocycles. The first-order valence-electron chi connectivity index (χ1n) is 6.17. The van der Waals surface area contributed by atoms with Crippen molar-refractivity contribution in [3.8, 4) is 0 Å². The second-order valence-corrected chi connectivity index (χ2v) is 5.00. The zero-order chi connectivity index (χ0) is 12.0. The molecule has 0 radical (unpaired) electrons. The summed E-state index contributed by atoms with van der Waals surface area (Å²) in [5.74, 6) is 0.281. The highest BCUT2D eigenvalue weighted by atomic mass is 16.2. The van der Waals surface area contributed by atoms with E-state index in [1.807, 2.05) is 18.0 Å². The number of carbonyl (C=O) groups excluding carboxylic acids is 1. The maximum absolute atomic E-state index is 12.3. The summed E-state index contributed by atoms with van der Waals surface area (Å²) in [5, 5.41) is 3.31. The molecule has 3 nitrogen and oxygen atoms in total. The molecule has 1 aliphatic heterocycles. The predicted molar refractivity (Wildman–Crippen MR) is 67.3 cm³/mol. The van der Waals surface area contributed by atoms with Crippen LogP contribution < -0.4 is 5.32 Å². The Hall–Kier alpha value is -0.830. The molecule has 1 fully saturated rings. The lowest BCUT2D eigenvalue weighted by molar-refractivity contribution is -0.140. The minimum atomic E-state index is -0.193. The number of allylic oxidation sites excluding steroid dienone is 1. The first-order chi connectivity index (χ1) is 7.60. The number of amides is 1. The summed E-state index contributed by atoms with van der Waals surface area (Å²) in [6.07, 6.45) is 6.00. The van der Waals surface area contributed by atoms with Gasteiger partial charge in [0, 0.05) is 20.1 Å². The lowest BCUT2D eigenvalue weighted by Crippen LogP contribution is -2.49. The Morgan fingerprint density at radius 3 is 2.94 bits per heavy atom. The van der Waals surface area contributed by atoms with Gasteiger partial charge in [0.1, 0.15) is 0 Å². The molecular formula is C13H24N2O. The molecule has 0 saturated carbocycles. The van der Waals surface area contributed by atoms with Gasteiger partial charge in [-0.1, -0.05) is 6.08 Å². The lowest BCUT2D eigenvalue weighted by Gasteiger charge is -2.36. The first kappa shape index (κ1) is 13.2. The van der Waals surface area contributed by atoms with E-state index in [0.717, 1.165) is 45.3 Å². The SMILES string of the molecule is C=CCCCN(C)C(=O)C1(C)CCCNC1. The molecule has 16 heavy (non-hydrogen) atoms. The Bertz CT molecular complexity index is 244. The van der Waals surface area contributed by atoms with Crippen molar-refractivity contribution in [1.82, 2.24) is 10.2 Å². The zero-order valence-corrected chi connectivity index (χ0v) is 10.6. The molecule has 0 aromatic heterocycles. The van der Waals surface area contributed by atoms with Gasteiger partial charge in [-0.05, 0) is 39.2 Å². The first-order valence-corrected chi connectivity index (χ1v) is 6.17. The molecule has 3 heteroatoms. The molecule has 1 unspecified atom stereocenters. The Balaban J connectivity index is 2.44. The van der Waals surface area contributed by atoms with E-state index in [2.05, 4.69) is 18.8 Å². The molecule has 1 amide bonds. The molecule has 0 bridgehead atoms. The molecule has 0 aliphatic carbocycles. The van der Waals surface area contributed by atoms with Crippen LogP contribution in [0.15, 0.2) is 12.7 Å². The monoisotopic (exact) mass is 224 g/mol. The van der Waals surface area contributed by atoms with Gasteiger partial charge in [-0.15, -0.1) is 6.58 Å². The highest BCUT2D eigenvalue weighted by Crippen LogP contribution is 2.27. The predicted octanol–water partition coefficient (Wildman–Crippen LogP) is 1.80. The topological polar surface area (TPSA) is 32.3 Å². The van der Waals surface area contributed by atoms with Crippen LogP contribution in [0.4, 0.5) is 0 Å². The van der Waals surface area contributed by atoms with Gasteiger partial charge in [0.25, 0.3) is 0 Å². The largest absolute Gasteiger partial charge is 0.345 e. The fourth-order valence-corrected chi connectivity index (χ4v) is 2.27. The van der Waals surface area contributed by atoms with Crippen molar-refractivity contribution in [2.24, 2.45) is 5.41 Å². The van der Waals surface area contributed by atoms with Crippen molar-refractivity contribution in [2.45, 2.75) is 32.6 Å². The number of nitrogens with one attached hydrogen (secondary N) is 1. The van der Waals surface area contributed by atoms with Gasteiger partial charge in [-0.25, -0.2) is 0 Å². The summed E-state index contributed by atoms with van der Waals surface area (Å²) >= 11 is 0. The maximum Gasteiger partial charge on any atom is 0.229 e. The van der Waals surface area contributed by atoms with E-state index in [0.29, 0.717) is 0 Å². The second-order valence-electron chi connectivity index (χ2n) is 5.00. The van der Waals surface area contributed by atoms with Crippen molar-refractivity contribution in [2.75, 3.05) is 26.7 Å². The van der Waals surface area contributed by atoms with Crippen LogP contribution in [-0.2, 0) is 4.79 Å². The fourth-order valence-electron chi connectivity index (χ4n) is 2.27. The molecule has 1 N–H and O–H groups in total. The minimum absolute atomic E-state index is 0.193. The number of unbranched alkanes of at least 4 members (excludes halogenated alkanes) is 1. The van der Waals surface area contributed by atoms with Gasteiger partial charge in [0.15, 0.2) is 0 Å². The summed E-state index contributed by atoms with van der Waals surface area (Å²) in [5.41, 5.74) is -0.193. The van der Waals surface area contributed by atoms with E-state index in [-0.39, 0.29) is 11.3 Å². The third-order valence-corrected chi connectivity index (χ3v) is 3.36. The van der Waals surface area contributed by atoms with Crippen LogP contribution in [0.25, 0.3) is 0 Å². The Labute approximate surface area is 98.9 Å². The Morgan fingerprint density at radius 2 is 2.38 bits per heavy atom. The third kappa shape index (κ3) is 3.34. The molecule has 1 rings (SSSR count). The Morgan fingerprint density at radius 1 is 1.62 bits per heavy atom. The smallest absolute Gasteiger partial charge is 0.229 e. The maximum atomic E-state index is 12.3. The van der Waals surface area contributed by atoms with Crippen molar-refractivity contribution in [1.29, 1.82) is 0 Å².